The summed E-state index contributed by atoms with van der Waals surface area (Å²) in [5, 5.41) is 3.77. The van der Waals surface area contributed by atoms with E-state index in [0.717, 1.165) is 12.3 Å². The molecule has 0 aliphatic carbocycles. The van der Waals surface area contributed by atoms with Crippen molar-refractivity contribution in [1.29, 1.82) is 0 Å². The largest absolute Gasteiger partial charge is 0.382 e. The molecule has 7 heteroatoms. The summed E-state index contributed by atoms with van der Waals surface area (Å²) in [5.74, 6) is 1.15. The van der Waals surface area contributed by atoms with Gasteiger partial charge in [0.05, 0.1) is 0 Å². The highest BCUT2D eigenvalue weighted by Crippen LogP contribution is 2.26. The number of nitrogens with zero attached hydrogens (tertiary/aromatic N) is 2. The molecule has 102 valence electrons. The lowest BCUT2D eigenvalue weighted by Gasteiger charge is -2.23. The molecule has 0 saturated carbocycles. The number of hydrogen-bond acceptors (Lipinski definition) is 6. The molecule has 0 radical (unpaired) electrons. The lowest BCUT2D eigenvalue weighted by atomic mass is 10.3. The molecule has 1 atom stereocenters. The van der Waals surface area contributed by atoms with Crippen molar-refractivity contribution in [3.05, 3.63) is 4.88 Å². The van der Waals surface area contributed by atoms with Gasteiger partial charge in [0.2, 0.25) is 0 Å². The molecule has 1 rings (SSSR count). The Hall–Kier alpha value is -0.950. The molecule has 0 fully saturated rings. The van der Waals surface area contributed by atoms with Gasteiger partial charge in [-0.15, -0.1) is 0 Å². The van der Waals surface area contributed by atoms with Gasteiger partial charge in [-0.2, -0.15) is 11.8 Å². The van der Waals surface area contributed by atoms with E-state index in [2.05, 4.69) is 10.3 Å². The smallest absolute Gasteiger partial charge is 0.267 e. The maximum Gasteiger partial charge on any atom is 0.267 e. The van der Waals surface area contributed by atoms with Crippen LogP contribution in [0.4, 0.5) is 10.9 Å². The highest BCUT2D eigenvalue weighted by molar-refractivity contribution is 7.98. The van der Waals surface area contributed by atoms with E-state index < -0.39 is 0 Å². The number of carbonyl (C=O) groups is 1. The van der Waals surface area contributed by atoms with Crippen molar-refractivity contribution in [1.82, 2.24) is 9.88 Å². The Bertz CT molecular complexity index is 408. The zero-order chi connectivity index (χ0) is 13.7. The molecule has 0 aliphatic heterocycles. The fourth-order valence-electron chi connectivity index (χ4n) is 1.43. The summed E-state index contributed by atoms with van der Waals surface area (Å²) >= 11 is 3.03. The van der Waals surface area contributed by atoms with Crippen molar-refractivity contribution in [2.75, 3.05) is 36.7 Å². The van der Waals surface area contributed by atoms with Gasteiger partial charge in [0.25, 0.3) is 5.91 Å². The van der Waals surface area contributed by atoms with Crippen molar-refractivity contribution >= 4 is 40.0 Å². The van der Waals surface area contributed by atoms with Gasteiger partial charge in [0, 0.05) is 25.4 Å². The highest BCUT2D eigenvalue weighted by atomic mass is 32.2. The number of thioether (sulfide) groups is 1. The summed E-state index contributed by atoms with van der Waals surface area (Å²) in [6, 6.07) is 0.177. The standard InChI is InChI=1S/C11H20N4OS2/c1-5-13-11-14-9(12)8(18-11)10(16)15(3)7(2)6-17-4/h7H,5-6,12H2,1-4H3,(H,13,14). The van der Waals surface area contributed by atoms with Crippen LogP contribution in [0.25, 0.3) is 0 Å². The molecule has 1 aromatic rings. The number of rotatable bonds is 6. The minimum atomic E-state index is -0.0595. The van der Waals surface area contributed by atoms with Crippen molar-refractivity contribution < 1.29 is 4.79 Å². The number of nitrogen functional groups attached to an aromatic ring is 1. The molecule has 1 amide bonds. The summed E-state index contributed by atoms with van der Waals surface area (Å²) < 4.78 is 0. The predicted octanol–water partition coefficient (Wildman–Crippen LogP) is 1.98. The molecule has 18 heavy (non-hydrogen) atoms. The Balaban J connectivity index is 2.82. The fourth-order valence-corrected chi connectivity index (χ4v) is 3.07. The van der Waals surface area contributed by atoms with Crippen LogP contribution in [-0.4, -0.2) is 47.4 Å². The molecule has 1 heterocycles. The second-order valence-corrected chi connectivity index (χ2v) is 5.89. The Morgan fingerprint density at radius 2 is 2.33 bits per heavy atom. The van der Waals surface area contributed by atoms with Crippen molar-refractivity contribution in [2.24, 2.45) is 0 Å². The maximum atomic E-state index is 12.3. The number of anilines is 2. The first kappa shape index (κ1) is 15.1. The molecule has 1 unspecified atom stereocenters. The van der Waals surface area contributed by atoms with E-state index in [-0.39, 0.29) is 11.9 Å². The minimum absolute atomic E-state index is 0.0595. The van der Waals surface area contributed by atoms with Crippen LogP contribution < -0.4 is 11.1 Å². The number of aromatic nitrogens is 1. The van der Waals surface area contributed by atoms with Crippen LogP contribution in [0.15, 0.2) is 0 Å². The van der Waals surface area contributed by atoms with Crippen LogP contribution in [-0.2, 0) is 0 Å². The van der Waals surface area contributed by atoms with Crippen LogP contribution in [0.1, 0.15) is 23.5 Å². The zero-order valence-electron chi connectivity index (χ0n) is 11.2. The normalized spacial score (nSPS) is 12.2. The summed E-state index contributed by atoms with van der Waals surface area (Å²) in [4.78, 5) is 18.7. The molecule has 3 N–H and O–H groups in total. The number of nitrogens with one attached hydrogen (secondary N) is 1. The average molecular weight is 288 g/mol. The van der Waals surface area contributed by atoms with E-state index in [1.54, 1.807) is 23.7 Å². The van der Waals surface area contributed by atoms with Gasteiger partial charge in [-0.1, -0.05) is 11.3 Å². The third-order valence-corrected chi connectivity index (χ3v) is 4.40. The molecule has 0 saturated heterocycles. The Morgan fingerprint density at radius 1 is 1.67 bits per heavy atom. The molecule has 0 aliphatic rings. The topological polar surface area (TPSA) is 71.2 Å². The highest BCUT2D eigenvalue weighted by Gasteiger charge is 2.22. The number of carbonyl (C=O) groups excluding carboxylic acids is 1. The van der Waals surface area contributed by atoms with Crippen LogP contribution in [0.5, 0.6) is 0 Å². The molecule has 0 aromatic carbocycles. The SMILES string of the molecule is CCNc1nc(N)c(C(=O)N(C)C(C)CSC)s1. The fraction of sp³-hybridized carbons (Fsp3) is 0.636. The Morgan fingerprint density at radius 3 is 2.89 bits per heavy atom. The quantitative estimate of drug-likeness (QED) is 0.837. The third-order valence-electron chi connectivity index (χ3n) is 2.56. The first-order valence-corrected chi connectivity index (χ1v) is 7.98. The molecule has 0 bridgehead atoms. The van der Waals surface area contributed by atoms with Gasteiger partial charge in [-0.3, -0.25) is 4.79 Å². The molecule has 5 nitrogen and oxygen atoms in total. The predicted molar refractivity (Wildman–Crippen MR) is 80.6 cm³/mol. The summed E-state index contributed by atoms with van der Waals surface area (Å²) in [7, 11) is 1.80. The maximum absolute atomic E-state index is 12.3. The van der Waals surface area contributed by atoms with Gasteiger partial charge < -0.3 is 16.0 Å². The first-order valence-electron chi connectivity index (χ1n) is 5.77. The lowest BCUT2D eigenvalue weighted by Crippen LogP contribution is -2.36. The van der Waals surface area contributed by atoms with Crippen LogP contribution >= 0.6 is 23.1 Å². The van der Waals surface area contributed by atoms with Gasteiger partial charge in [0.1, 0.15) is 10.7 Å². The minimum Gasteiger partial charge on any atom is -0.382 e. The van der Waals surface area contributed by atoms with E-state index in [1.807, 2.05) is 20.1 Å². The number of amides is 1. The van der Waals surface area contributed by atoms with E-state index in [1.165, 1.54) is 11.3 Å². The summed E-state index contributed by atoms with van der Waals surface area (Å²) in [6.07, 6.45) is 2.03. The molecule has 0 spiro atoms. The van der Waals surface area contributed by atoms with E-state index >= 15 is 0 Å². The van der Waals surface area contributed by atoms with E-state index in [9.17, 15) is 4.79 Å². The average Bonchev–Trinajstić information content (AvgIpc) is 2.69. The first-order chi connectivity index (χ1) is 8.51. The summed E-state index contributed by atoms with van der Waals surface area (Å²) in [5.41, 5.74) is 5.79. The molecule has 1 aromatic heterocycles. The van der Waals surface area contributed by atoms with Crippen molar-refractivity contribution in [3.8, 4) is 0 Å². The summed E-state index contributed by atoms with van der Waals surface area (Å²) in [6.45, 7) is 4.77. The lowest BCUT2D eigenvalue weighted by molar-refractivity contribution is 0.0763. The second-order valence-electron chi connectivity index (χ2n) is 3.98. The van der Waals surface area contributed by atoms with Crippen molar-refractivity contribution in [3.63, 3.8) is 0 Å². The number of thiazole rings is 1. The van der Waals surface area contributed by atoms with Gasteiger partial charge >= 0.3 is 0 Å². The van der Waals surface area contributed by atoms with Crippen molar-refractivity contribution in [2.45, 2.75) is 19.9 Å². The second kappa shape index (κ2) is 6.84. The zero-order valence-corrected chi connectivity index (χ0v) is 12.8. The monoisotopic (exact) mass is 288 g/mol. The molecular weight excluding hydrogens is 268 g/mol. The number of hydrogen-bond donors (Lipinski definition) is 2. The van der Waals surface area contributed by atoms with Crippen LogP contribution in [0.2, 0.25) is 0 Å². The van der Waals surface area contributed by atoms with Crippen LogP contribution in [0, 0.1) is 0 Å². The molecular formula is C11H20N4OS2. The number of nitrogens with two attached hydrogens (primary N) is 1. The van der Waals surface area contributed by atoms with E-state index in [0.29, 0.717) is 15.8 Å². The van der Waals surface area contributed by atoms with Gasteiger partial charge in [0.15, 0.2) is 5.13 Å². The van der Waals surface area contributed by atoms with Gasteiger partial charge in [-0.05, 0) is 20.1 Å². The Labute approximate surface area is 116 Å². The third kappa shape index (κ3) is 3.52. The van der Waals surface area contributed by atoms with Crippen LogP contribution in [0.3, 0.4) is 0 Å². The van der Waals surface area contributed by atoms with Gasteiger partial charge in [-0.25, -0.2) is 4.98 Å². The Kier molecular flexibility index (Phi) is 5.74. The van der Waals surface area contributed by atoms with E-state index in [4.69, 9.17) is 5.73 Å².